The lowest BCUT2D eigenvalue weighted by atomic mass is 9.98. The molecule has 0 saturated heterocycles. The van der Waals surface area contributed by atoms with Crippen LogP contribution in [0.3, 0.4) is 0 Å². The van der Waals surface area contributed by atoms with Gasteiger partial charge in [-0.2, -0.15) is 0 Å². The summed E-state index contributed by atoms with van der Waals surface area (Å²) in [6, 6.07) is 23.3. The first-order chi connectivity index (χ1) is 12.6. The van der Waals surface area contributed by atoms with Crippen molar-refractivity contribution in [1.82, 2.24) is 9.55 Å². The van der Waals surface area contributed by atoms with E-state index in [1.54, 1.807) is 0 Å². The standard InChI is InChI=1S/C23H22N2/c1-17-12-13-23(24-16-17)25-21-11-7-6-10-20(21)15-22(25)18(2)14-19-8-4-3-5-9-19/h3-13,15-16,18H,14H2,1-2H3/t18-/m1/s1/i15D. The molecule has 4 aromatic rings. The summed E-state index contributed by atoms with van der Waals surface area (Å²) >= 11 is 0. The predicted octanol–water partition coefficient (Wildman–Crippen LogP) is 5.68. The molecular weight excluding hydrogens is 304 g/mol. The van der Waals surface area contributed by atoms with Crippen molar-refractivity contribution in [3.63, 3.8) is 0 Å². The fraction of sp³-hybridized carbons (Fsp3) is 0.174. The van der Waals surface area contributed by atoms with Gasteiger partial charge >= 0.3 is 0 Å². The minimum atomic E-state index is 0.209. The summed E-state index contributed by atoms with van der Waals surface area (Å²) in [6.07, 6.45) is 2.79. The van der Waals surface area contributed by atoms with Crippen LogP contribution in [0.1, 0.15) is 31.0 Å². The van der Waals surface area contributed by atoms with Crippen molar-refractivity contribution in [1.29, 1.82) is 0 Å². The van der Waals surface area contributed by atoms with Crippen LogP contribution >= 0.6 is 0 Å². The predicted molar refractivity (Wildman–Crippen MR) is 104 cm³/mol. The first-order valence-corrected chi connectivity index (χ1v) is 8.72. The van der Waals surface area contributed by atoms with Crippen LogP contribution in [0, 0.1) is 6.92 Å². The number of hydrogen-bond acceptors (Lipinski definition) is 1. The molecule has 0 N–H and O–H groups in total. The van der Waals surface area contributed by atoms with Crippen molar-refractivity contribution in [3.8, 4) is 5.82 Å². The third-order valence-electron chi connectivity index (χ3n) is 4.62. The Kier molecular flexibility index (Phi) is 3.80. The topological polar surface area (TPSA) is 17.8 Å². The average Bonchev–Trinajstić information content (AvgIpc) is 2.96. The van der Waals surface area contributed by atoms with Gasteiger partial charge in [0.25, 0.3) is 0 Å². The third-order valence-corrected chi connectivity index (χ3v) is 4.62. The summed E-state index contributed by atoms with van der Waals surface area (Å²) in [5.41, 5.74) is 4.48. The Bertz CT molecular complexity index is 1030. The number of benzene rings is 2. The number of pyridine rings is 1. The fourth-order valence-electron chi connectivity index (χ4n) is 3.34. The molecule has 2 aromatic carbocycles. The van der Waals surface area contributed by atoms with Crippen LogP contribution in [-0.2, 0) is 6.42 Å². The monoisotopic (exact) mass is 327 g/mol. The second-order valence-corrected chi connectivity index (χ2v) is 6.65. The van der Waals surface area contributed by atoms with E-state index in [1.165, 1.54) is 5.56 Å². The van der Waals surface area contributed by atoms with Crippen LogP contribution in [0.5, 0.6) is 0 Å². The van der Waals surface area contributed by atoms with E-state index in [4.69, 9.17) is 1.37 Å². The van der Waals surface area contributed by atoms with Gasteiger partial charge in [0.2, 0.25) is 0 Å². The summed E-state index contributed by atoms with van der Waals surface area (Å²) in [7, 11) is 0. The number of rotatable bonds is 4. The molecule has 124 valence electrons. The van der Waals surface area contributed by atoms with Gasteiger partial charge in [-0.1, -0.05) is 61.5 Å². The quantitative estimate of drug-likeness (QED) is 0.471. The highest BCUT2D eigenvalue weighted by atomic mass is 15.1. The zero-order valence-electron chi connectivity index (χ0n) is 15.6. The Morgan fingerprint density at radius 1 is 1.00 bits per heavy atom. The molecule has 4 rings (SSSR count). The summed E-state index contributed by atoms with van der Waals surface area (Å²) < 4.78 is 11.0. The lowest BCUT2D eigenvalue weighted by Crippen LogP contribution is -2.07. The molecule has 0 bridgehead atoms. The molecule has 0 amide bonds. The minimum absolute atomic E-state index is 0.209. The Balaban J connectivity index is 1.89. The van der Waals surface area contributed by atoms with E-state index in [1.807, 2.05) is 43.5 Å². The van der Waals surface area contributed by atoms with Crippen LogP contribution in [0.25, 0.3) is 16.7 Å². The van der Waals surface area contributed by atoms with E-state index in [9.17, 15) is 0 Å². The Morgan fingerprint density at radius 3 is 2.52 bits per heavy atom. The number of nitrogens with zero attached hydrogens (tertiary/aromatic N) is 2. The summed E-state index contributed by atoms with van der Waals surface area (Å²) in [4.78, 5) is 4.64. The van der Waals surface area contributed by atoms with Gasteiger partial charge in [0.15, 0.2) is 0 Å². The number of aromatic nitrogens is 2. The second kappa shape index (κ2) is 6.56. The van der Waals surface area contributed by atoms with Gasteiger partial charge in [-0.05, 0) is 42.6 Å². The van der Waals surface area contributed by atoms with Crippen molar-refractivity contribution in [2.24, 2.45) is 0 Å². The molecule has 0 aliphatic heterocycles. The Labute approximate surface area is 150 Å². The smallest absolute Gasteiger partial charge is 0.137 e. The van der Waals surface area contributed by atoms with E-state index < -0.39 is 0 Å². The van der Waals surface area contributed by atoms with Gasteiger partial charge < -0.3 is 0 Å². The summed E-state index contributed by atoms with van der Waals surface area (Å²) in [5, 5.41) is 0.977. The summed E-state index contributed by atoms with van der Waals surface area (Å²) in [6.45, 7) is 4.24. The molecule has 1 atom stereocenters. The van der Waals surface area contributed by atoms with Crippen LogP contribution < -0.4 is 0 Å². The molecule has 0 saturated carbocycles. The van der Waals surface area contributed by atoms with E-state index in [0.29, 0.717) is 6.04 Å². The van der Waals surface area contributed by atoms with Gasteiger partial charge in [-0.25, -0.2) is 4.98 Å². The van der Waals surface area contributed by atoms with E-state index in [0.717, 1.165) is 34.4 Å². The number of hydrogen-bond donors (Lipinski definition) is 0. The molecule has 2 heteroatoms. The molecule has 0 radical (unpaired) electrons. The Morgan fingerprint density at radius 2 is 1.76 bits per heavy atom. The van der Waals surface area contributed by atoms with Crippen LogP contribution in [0.15, 0.2) is 79.0 Å². The molecule has 0 aliphatic carbocycles. The highest BCUT2D eigenvalue weighted by Gasteiger charge is 2.17. The molecule has 0 spiro atoms. The normalized spacial score (nSPS) is 13.0. The second-order valence-electron chi connectivity index (χ2n) is 6.65. The molecule has 2 aromatic heterocycles. The SMILES string of the molecule is [2H]c1c([C@H](C)Cc2ccccc2)n(-c2ccc(C)cn2)c2ccccc12. The van der Waals surface area contributed by atoms with Gasteiger partial charge in [0.1, 0.15) is 5.82 Å². The van der Waals surface area contributed by atoms with Crippen molar-refractivity contribution in [2.75, 3.05) is 0 Å². The Hall–Kier alpha value is -2.87. The fourth-order valence-corrected chi connectivity index (χ4v) is 3.34. The maximum Gasteiger partial charge on any atom is 0.137 e. The van der Waals surface area contributed by atoms with E-state index >= 15 is 0 Å². The molecule has 0 aliphatic rings. The molecule has 2 heterocycles. The first-order valence-electron chi connectivity index (χ1n) is 9.22. The molecule has 0 fully saturated rings. The number of aryl methyl sites for hydroxylation is 1. The first kappa shape index (κ1) is 14.5. The van der Waals surface area contributed by atoms with Crippen molar-refractivity contribution in [2.45, 2.75) is 26.2 Å². The van der Waals surface area contributed by atoms with Gasteiger partial charge in [-0.15, -0.1) is 0 Å². The van der Waals surface area contributed by atoms with Crippen molar-refractivity contribution in [3.05, 3.63) is 95.8 Å². The molecule has 25 heavy (non-hydrogen) atoms. The van der Waals surface area contributed by atoms with Crippen LogP contribution in [0.4, 0.5) is 0 Å². The molecule has 2 nitrogen and oxygen atoms in total. The molecule has 0 unspecified atom stereocenters. The summed E-state index contributed by atoms with van der Waals surface area (Å²) in [5.74, 6) is 1.08. The average molecular weight is 327 g/mol. The number of para-hydroxylation sites is 1. The zero-order valence-corrected chi connectivity index (χ0v) is 14.6. The molecular formula is C23H22N2. The van der Waals surface area contributed by atoms with Gasteiger partial charge in [0, 0.05) is 23.2 Å². The van der Waals surface area contributed by atoms with Gasteiger partial charge in [-0.3, -0.25) is 4.57 Å². The number of fused-ring (bicyclic) bond motifs is 1. The maximum atomic E-state index is 8.80. The maximum absolute atomic E-state index is 8.80. The van der Waals surface area contributed by atoms with Gasteiger partial charge in [0.05, 0.1) is 6.89 Å². The minimum Gasteiger partial charge on any atom is -0.298 e. The van der Waals surface area contributed by atoms with Crippen LogP contribution in [0.2, 0.25) is 0 Å². The van der Waals surface area contributed by atoms with E-state index in [2.05, 4.69) is 52.9 Å². The third kappa shape index (κ3) is 3.08. The van der Waals surface area contributed by atoms with Crippen molar-refractivity contribution >= 4 is 10.9 Å². The van der Waals surface area contributed by atoms with Crippen LogP contribution in [-0.4, -0.2) is 9.55 Å². The lowest BCUT2D eigenvalue weighted by Gasteiger charge is -2.16. The van der Waals surface area contributed by atoms with Crippen molar-refractivity contribution < 1.29 is 1.37 Å². The highest BCUT2D eigenvalue weighted by Crippen LogP contribution is 2.30. The lowest BCUT2D eigenvalue weighted by molar-refractivity contribution is 0.710. The highest BCUT2D eigenvalue weighted by molar-refractivity contribution is 5.83. The zero-order chi connectivity index (χ0) is 18.1. The van der Waals surface area contributed by atoms with E-state index in [-0.39, 0.29) is 5.92 Å². The largest absolute Gasteiger partial charge is 0.298 e.